The number of urea groups is 1. The maximum atomic E-state index is 12.7. The van der Waals surface area contributed by atoms with Gasteiger partial charge in [-0.05, 0) is 46.5 Å². The van der Waals surface area contributed by atoms with Crippen molar-refractivity contribution in [3.8, 4) is 16.9 Å². The Morgan fingerprint density at radius 3 is 2.04 bits per heavy atom. The number of nitrogens with one attached hydrogen (secondary N) is 3. The van der Waals surface area contributed by atoms with Gasteiger partial charge in [-0.1, -0.05) is 59.7 Å². The molecule has 0 saturated heterocycles. The van der Waals surface area contributed by atoms with Crippen molar-refractivity contribution >= 4 is 34.6 Å². The van der Waals surface area contributed by atoms with Gasteiger partial charge in [0.1, 0.15) is 12.4 Å². The van der Waals surface area contributed by atoms with E-state index in [4.69, 9.17) is 40.7 Å². The van der Waals surface area contributed by atoms with Crippen molar-refractivity contribution < 1.29 is 48.0 Å². The summed E-state index contributed by atoms with van der Waals surface area (Å²) >= 11 is 0. The second-order valence-electron chi connectivity index (χ2n) is 12.0. The number of primary amides is 1. The molecule has 3 aromatic rings. The first-order valence-electron chi connectivity index (χ1n) is 17.8. The van der Waals surface area contributed by atoms with Gasteiger partial charge in [0.25, 0.3) is 0 Å². The van der Waals surface area contributed by atoms with E-state index in [1.165, 1.54) is 0 Å². The minimum absolute atomic E-state index is 0.262. The molecule has 0 aliphatic carbocycles. The molecule has 0 unspecified atom stereocenters. The van der Waals surface area contributed by atoms with Gasteiger partial charge in [0.15, 0.2) is 0 Å². The lowest BCUT2D eigenvalue weighted by Gasteiger charge is -2.19. The lowest BCUT2D eigenvalue weighted by atomic mass is 9.95. The first kappa shape index (κ1) is 43.9. The number of carboxylic acids is 1. The van der Waals surface area contributed by atoms with Crippen LogP contribution in [0.3, 0.4) is 0 Å². The van der Waals surface area contributed by atoms with Gasteiger partial charge in [-0.2, -0.15) is 0 Å². The molecule has 0 aromatic heterocycles. The summed E-state index contributed by atoms with van der Waals surface area (Å²) in [5, 5.41) is 22.3. The molecule has 0 bridgehead atoms. The van der Waals surface area contributed by atoms with E-state index >= 15 is 0 Å². The Balaban J connectivity index is 1.46. The lowest BCUT2D eigenvalue weighted by molar-refractivity contribution is -0.138. The first-order chi connectivity index (χ1) is 26.7. The van der Waals surface area contributed by atoms with Crippen LogP contribution in [0.15, 0.2) is 65.8 Å². The van der Waals surface area contributed by atoms with Crippen LogP contribution in [0.5, 0.6) is 5.75 Å². The lowest BCUT2D eigenvalue weighted by Crippen LogP contribution is -2.45. The van der Waals surface area contributed by atoms with Gasteiger partial charge in [0.2, 0.25) is 11.8 Å². The fourth-order valence-corrected chi connectivity index (χ4v) is 5.30. The van der Waals surface area contributed by atoms with E-state index in [-0.39, 0.29) is 25.9 Å². The molecule has 0 radical (unpaired) electrons. The number of carboxylic acid groups (broad SMARTS) is 1. The van der Waals surface area contributed by atoms with Crippen LogP contribution in [-0.2, 0) is 33.3 Å². The summed E-state index contributed by atoms with van der Waals surface area (Å²) in [4.78, 5) is 50.1. The molecule has 0 heterocycles. The summed E-state index contributed by atoms with van der Waals surface area (Å²) in [7, 11) is 0. The molecule has 0 fully saturated rings. The molecule has 0 aliphatic heterocycles. The van der Waals surface area contributed by atoms with E-state index in [1.807, 2.05) is 48.5 Å². The number of amides is 4. The topological polar surface area (TPSA) is 272 Å². The highest BCUT2D eigenvalue weighted by molar-refractivity contribution is 6.00. The third-order valence-corrected chi connectivity index (χ3v) is 7.97. The van der Waals surface area contributed by atoms with Gasteiger partial charge in [0.05, 0.1) is 77.9 Å². The van der Waals surface area contributed by atoms with Crippen LogP contribution in [0.4, 0.5) is 4.79 Å². The second-order valence-corrected chi connectivity index (χ2v) is 12.0. The van der Waals surface area contributed by atoms with E-state index in [2.05, 4.69) is 26.0 Å². The maximum absolute atomic E-state index is 12.7. The first-order valence-corrected chi connectivity index (χ1v) is 17.8. The number of azide groups is 1. The normalized spacial score (nSPS) is 11.9. The SMILES string of the molecule is [N-]=[N+]=NCCOCCOCCOCCOCCOc1ccc(-c2ccc([C@H](CC(=O)O)NC(=O)CNC(=O)[C@@H](N)CCCNC(N)=O)cc2)c2ccccc12. The monoisotopic (exact) mass is 766 g/mol. The van der Waals surface area contributed by atoms with Gasteiger partial charge in [-0.25, -0.2) is 4.79 Å². The molecule has 2 atom stereocenters. The van der Waals surface area contributed by atoms with Crippen molar-refractivity contribution in [1.82, 2.24) is 16.0 Å². The quantitative estimate of drug-likeness (QED) is 0.0271. The minimum Gasteiger partial charge on any atom is -0.491 e. The third kappa shape index (κ3) is 17.0. The van der Waals surface area contributed by atoms with Gasteiger partial charge in [0, 0.05) is 23.4 Å². The van der Waals surface area contributed by atoms with Crippen LogP contribution in [0.2, 0.25) is 0 Å². The summed E-state index contributed by atoms with van der Waals surface area (Å²) in [5.74, 6) is -1.53. The molecular formula is C37H50N8O10. The van der Waals surface area contributed by atoms with Crippen LogP contribution in [-0.4, -0.2) is 114 Å². The number of nitrogens with zero attached hydrogens (tertiary/aromatic N) is 3. The van der Waals surface area contributed by atoms with Crippen LogP contribution >= 0.6 is 0 Å². The molecule has 3 aromatic carbocycles. The van der Waals surface area contributed by atoms with Crippen LogP contribution < -0.4 is 32.2 Å². The van der Waals surface area contributed by atoms with E-state index < -0.39 is 35.9 Å². The maximum Gasteiger partial charge on any atom is 0.312 e. The number of hydrogen-bond acceptors (Lipinski definition) is 11. The Kier molecular flexibility index (Phi) is 20.4. The molecule has 0 aliphatic rings. The fourth-order valence-electron chi connectivity index (χ4n) is 5.30. The molecule has 4 amide bonds. The number of aliphatic carboxylic acids is 1. The predicted molar refractivity (Wildman–Crippen MR) is 203 cm³/mol. The molecule has 298 valence electrons. The third-order valence-electron chi connectivity index (χ3n) is 7.97. The molecule has 8 N–H and O–H groups in total. The zero-order chi connectivity index (χ0) is 39.7. The largest absolute Gasteiger partial charge is 0.491 e. The smallest absolute Gasteiger partial charge is 0.312 e. The van der Waals surface area contributed by atoms with Gasteiger partial charge in [-0.3, -0.25) is 14.4 Å². The molecule has 55 heavy (non-hydrogen) atoms. The van der Waals surface area contributed by atoms with E-state index in [1.54, 1.807) is 12.1 Å². The van der Waals surface area contributed by atoms with Gasteiger partial charge < -0.3 is 56.2 Å². The van der Waals surface area contributed by atoms with E-state index in [9.17, 15) is 24.3 Å². The zero-order valence-electron chi connectivity index (χ0n) is 30.7. The Labute approximate surface area is 318 Å². The van der Waals surface area contributed by atoms with Crippen molar-refractivity contribution in [1.29, 1.82) is 0 Å². The number of nitrogens with two attached hydrogens (primary N) is 2. The average Bonchev–Trinajstić information content (AvgIpc) is 3.18. The van der Waals surface area contributed by atoms with Crippen molar-refractivity contribution in [2.45, 2.75) is 31.3 Å². The number of carbonyl (C=O) groups is 4. The Morgan fingerprint density at radius 1 is 0.800 bits per heavy atom. The van der Waals surface area contributed by atoms with Crippen LogP contribution in [0.1, 0.15) is 30.9 Å². The molecule has 0 saturated carbocycles. The predicted octanol–water partition coefficient (Wildman–Crippen LogP) is 2.79. The van der Waals surface area contributed by atoms with Crippen molar-refractivity contribution in [2.75, 3.05) is 79.1 Å². The number of rotatable bonds is 28. The highest BCUT2D eigenvalue weighted by atomic mass is 16.6. The summed E-state index contributed by atoms with van der Waals surface area (Å²) in [6.45, 7) is 3.77. The molecular weight excluding hydrogens is 716 g/mol. The standard InChI is InChI=1S/C37H50N8O10/c38-31(6-3-13-41-37(39)50)36(49)42-25-34(46)44-32(24-35(47)48)27-9-7-26(8-10-27)28-11-12-33(30-5-2-1-4-29(28)30)55-23-22-54-21-20-53-19-18-52-17-16-51-15-14-43-45-40/h1-2,4-5,7-12,31-32H,3,6,13-25,38H2,(H,42,49)(H,44,46)(H,47,48)(H3,39,41,50)/t31-,32-/m0/s1. The Bertz CT molecular complexity index is 1710. The summed E-state index contributed by atoms with van der Waals surface area (Å²) in [6.07, 6.45) is 0.314. The molecule has 18 nitrogen and oxygen atoms in total. The average molecular weight is 767 g/mol. The molecule has 18 heteroatoms. The number of ether oxygens (including phenoxy) is 5. The van der Waals surface area contributed by atoms with Gasteiger partial charge >= 0.3 is 12.0 Å². The number of hydrogen-bond donors (Lipinski definition) is 6. The van der Waals surface area contributed by atoms with Crippen molar-refractivity contribution in [2.24, 2.45) is 16.6 Å². The molecule has 3 rings (SSSR count). The number of carbonyl (C=O) groups excluding carboxylic acids is 3. The summed E-state index contributed by atoms with van der Waals surface area (Å²) in [5.41, 5.74) is 21.5. The highest BCUT2D eigenvalue weighted by Crippen LogP contribution is 2.35. The van der Waals surface area contributed by atoms with Crippen molar-refractivity contribution in [3.05, 3.63) is 76.7 Å². The second kappa shape index (κ2) is 25.5. The van der Waals surface area contributed by atoms with Gasteiger partial charge in [-0.15, -0.1) is 0 Å². The summed E-state index contributed by atoms with van der Waals surface area (Å²) < 4.78 is 27.9. The minimum atomic E-state index is -1.11. The summed E-state index contributed by atoms with van der Waals surface area (Å²) in [6, 6.07) is 16.5. The highest BCUT2D eigenvalue weighted by Gasteiger charge is 2.20. The number of fused-ring (bicyclic) bond motifs is 1. The number of benzene rings is 3. The van der Waals surface area contributed by atoms with Crippen LogP contribution in [0.25, 0.3) is 32.3 Å². The van der Waals surface area contributed by atoms with Crippen molar-refractivity contribution in [3.63, 3.8) is 0 Å². The Morgan fingerprint density at radius 2 is 1.42 bits per heavy atom. The fraction of sp³-hybridized carbons (Fsp3) is 0.459. The molecule has 0 spiro atoms. The van der Waals surface area contributed by atoms with E-state index in [0.717, 1.165) is 21.9 Å². The van der Waals surface area contributed by atoms with Crippen LogP contribution in [0, 0.1) is 0 Å². The zero-order valence-corrected chi connectivity index (χ0v) is 30.7. The Hall–Kier alpha value is -5.49. The van der Waals surface area contributed by atoms with E-state index in [0.29, 0.717) is 83.7 Å².